The van der Waals surface area contributed by atoms with E-state index in [0.29, 0.717) is 5.71 Å². The third-order valence-electron chi connectivity index (χ3n) is 5.59. The van der Waals surface area contributed by atoms with Crippen molar-refractivity contribution in [3.05, 3.63) is 121 Å². The summed E-state index contributed by atoms with van der Waals surface area (Å²) in [6, 6.07) is 19.8. The summed E-state index contributed by atoms with van der Waals surface area (Å²) in [5.74, 6) is -0.730. The number of hydrogen-bond donors (Lipinski definition) is 4. The van der Waals surface area contributed by atoms with Crippen molar-refractivity contribution in [3.8, 4) is 5.88 Å². The smallest absolute Gasteiger partial charge is 0.328 e. The highest BCUT2D eigenvalue weighted by atomic mass is 16.3. The number of nitrogens with zero attached hydrogens (tertiary/aromatic N) is 1. The topological polar surface area (TPSA) is 114 Å². The zero-order valence-corrected chi connectivity index (χ0v) is 17.2. The molecule has 3 heterocycles. The number of allylic oxidation sites excluding steroid dienone is 1. The van der Waals surface area contributed by atoms with Crippen LogP contribution in [0.3, 0.4) is 0 Å². The van der Waals surface area contributed by atoms with E-state index in [1.54, 1.807) is 12.3 Å². The molecule has 4 N–H and O–H groups in total. The quantitative estimate of drug-likeness (QED) is 0.401. The van der Waals surface area contributed by atoms with Gasteiger partial charge in [0.05, 0.1) is 17.1 Å². The number of fused-ring (bicyclic) bond motifs is 1. The van der Waals surface area contributed by atoms with Gasteiger partial charge in [0, 0.05) is 12.1 Å². The minimum Gasteiger partial charge on any atom is -0.494 e. The van der Waals surface area contributed by atoms with Crippen LogP contribution in [-0.4, -0.2) is 25.8 Å². The number of rotatable bonds is 3. The molecule has 2 aromatic carbocycles. The molecule has 1 aliphatic rings. The molecule has 0 spiro atoms. The molecule has 4 aromatic rings. The standard InChI is InChI=1S/C25H20N4O3/c1-14-8-10-15(11-9-14)21-16-5-2-3-6-19(16)27-22(20-7-4-12-26-20)17(21)13-18-23(30)28-25(32)29-24(18)31/h2-13,21,26H,1H3,(H3,28,29,30,31,32). The number of hydrogen-bond acceptors (Lipinski definition) is 4. The second kappa shape index (κ2) is 7.70. The molecule has 0 radical (unpaired) electrons. The first-order chi connectivity index (χ1) is 15.5. The molecule has 0 saturated carbocycles. The Balaban J connectivity index is 1.83. The molecule has 32 heavy (non-hydrogen) atoms. The van der Waals surface area contributed by atoms with E-state index < -0.39 is 17.1 Å². The maximum absolute atomic E-state index is 12.5. The van der Waals surface area contributed by atoms with Gasteiger partial charge in [-0.05, 0) is 47.9 Å². The highest BCUT2D eigenvalue weighted by Crippen LogP contribution is 2.43. The van der Waals surface area contributed by atoms with Gasteiger partial charge in [-0.15, -0.1) is 0 Å². The van der Waals surface area contributed by atoms with Gasteiger partial charge in [-0.25, -0.2) is 9.79 Å². The normalized spacial score (nSPS) is 16.6. The van der Waals surface area contributed by atoms with E-state index in [1.807, 2.05) is 55.5 Å². The first-order valence-corrected chi connectivity index (χ1v) is 10.2. The highest BCUT2D eigenvalue weighted by molar-refractivity contribution is 6.17. The first-order valence-electron chi connectivity index (χ1n) is 10.2. The van der Waals surface area contributed by atoms with Gasteiger partial charge >= 0.3 is 5.69 Å². The molecule has 0 amide bonds. The van der Waals surface area contributed by atoms with Crippen LogP contribution in [0, 0.1) is 6.92 Å². The first kappa shape index (κ1) is 19.6. The minimum atomic E-state index is -0.767. The lowest BCUT2D eigenvalue weighted by molar-refractivity contribution is 0.447. The molecule has 0 fully saturated rings. The number of aliphatic imine (C=N–C) groups is 1. The number of aromatic nitrogens is 3. The van der Waals surface area contributed by atoms with Crippen LogP contribution in [0.5, 0.6) is 5.88 Å². The predicted molar refractivity (Wildman–Crippen MR) is 124 cm³/mol. The van der Waals surface area contributed by atoms with Gasteiger partial charge in [-0.2, -0.15) is 0 Å². The van der Waals surface area contributed by atoms with Crippen LogP contribution in [0.2, 0.25) is 0 Å². The molecule has 1 unspecified atom stereocenters. The average molecular weight is 424 g/mol. The monoisotopic (exact) mass is 424 g/mol. The molecule has 5 rings (SSSR count). The van der Waals surface area contributed by atoms with Crippen LogP contribution < -0.4 is 11.2 Å². The number of aryl methyl sites for hydroxylation is 1. The number of aromatic hydroxyl groups is 1. The summed E-state index contributed by atoms with van der Waals surface area (Å²) in [4.78, 5) is 36.6. The number of para-hydroxylation sites is 1. The molecule has 1 aliphatic heterocycles. The minimum absolute atomic E-state index is 0.0321. The largest absolute Gasteiger partial charge is 0.494 e. The lowest BCUT2D eigenvalue weighted by Crippen LogP contribution is -2.25. The molecule has 7 nitrogen and oxygen atoms in total. The fourth-order valence-electron chi connectivity index (χ4n) is 4.06. The maximum atomic E-state index is 12.5. The number of nitrogens with one attached hydrogen (secondary N) is 3. The Kier molecular flexibility index (Phi) is 4.71. The van der Waals surface area contributed by atoms with Crippen molar-refractivity contribution in [1.29, 1.82) is 0 Å². The number of benzene rings is 2. The lowest BCUT2D eigenvalue weighted by atomic mass is 9.78. The predicted octanol–water partition coefficient (Wildman–Crippen LogP) is 3.76. The van der Waals surface area contributed by atoms with Gasteiger partial charge in [0.2, 0.25) is 5.88 Å². The highest BCUT2D eigenvalue weighted by Gasteiger charge is 2.31. The zero-order valence-electron chi connectivity index (χ0n) is 17.2. The van der Waals surface area contributed by atoms with Crippen molar-refractivity contribution in [1.82, 2.24) is 15.0 Å². The van der Waals surface area contributed by atoms with Gasteiger partial charge in [0.15, 0.2) is 0 Å². The summed E-state index contributed by atoms with van der Waals surface area (Å²) in [7, 11) is 0. The van der Waals surface area contributed by atoms with Crippen LogP contribution in [0.1, 0.15) is 33.9 Å². The van der Waals surface area contributed by atoms with Gasteiger partial charge in [0.1, 0.15) is 5.56 Å². The second-order valence-corrected chi connectivity index (χ2v) is 7.72. The summed E-state index contributed by atoms with van der Waals surface area (Å²) < 4.78 is 0. The van der Waals surface area contributed by atoms with Crippen LogP contribution in [0.25, 0.3) is 6.08 Å². The van der Waals surface area contributed by atoms with Crippen LogP contribution in [0.15, 0.2) is 87.0 Å². The van der Waals surface area contributed by atoms with Crippen molar-refractivity contribution in [2.24, 2.45) is 4.99 Å². The Labute approximate surface area is 182 Å². The van der Waals surface area contributed by atoms with Gasteiger partial charge in [0.25, 0.3) is 5.56 Å². The Bertz CT molecular complexity index is 1470. The van der Waals surface area contributed by atoms with E-state index in [1.165, 1.54) is 0 Å². The van der Waals surface area contributed by atoms with E-state index in [-0.39, 0.29) is 11.5 Å². The van der Waals surface area contributed by atoms with Crippen molar-refractivity contribution < 1.29 is 5.11 Å². The molecule has 2 aromatic heterocycles. The molecule has 0 bridgehead atoms. The summed E-state index contributed by atoms with van der Waals surface area (Å²) in [5.41, 5.74) is 4.66. The van der Waals surface area contributed by atoms with E-state index in [9.17, 15) is 14.7 Å². The fraction of sp³-hybridized carbons (Fsp3) is 0.0800. The molecular formula is C25H20N4O3. The molecule has 0 aliphatic carbocycles. The summed E-state index contributed by atoms with van der Waals surface area (Å²) in [5, 5.41) is 10.3. The Morgan fingerprint density at radius 3 is 2.47 bits per heavy atom. The fourth-order valence-corrected chi connectivity index (χ4v) is 4.06. The molecular weight excluding hydrogens is 404 g/mol. The van der Waals surface area contributed by atoms with Crippen LogP contribution in [-0.2, 0) is 0 Å². The molecule has 7 heteroatoms. The lowest BCUT2D eigenvalue weighted by Gasteiger charge is -2.28. The van der Waals surface area contributed by atoms with Crippen molar-refractivity contribution in [2.45, 2.75) is 12.8 Å². The molecule has 1 atom stereocenters. The van der Waals surface area contributed by atoms with E-state index in [0.717, 1.165) is 33.6 Å². The number of H-pyrrole nitrogens is 3. The van der Waals surface area contributed by atoms with Gasteiger partial charge < -0.3 is 10.1 Å². The van der Waals surface area contributed by atoms with Gasteiger partial charge in [-0.3, -0.25) is 14.8 Å². The van der Waals surface area contributed by atoms with Crippen molar-refractivity contribution in [2.75, 3.05) is 0 Å². The summed E-state index contributed by atoms with van der Waals surface area (Å²) >= 11 is 0. The molecule has 158 valence electrons. The third-order valence-corrected chi connectivity index (χ3v) is 5.59. The number of aromatic amines is 3. The SMILES string of the molecule is Cc1ccc(C2C(=Cc3c(O)[nH]c(=O)[nH]c3=O)C(c3ccc[nH]3)=Nc3ccccc32)cc1. The van der Waals surface area contributed by atoms with Crippen LogP contribution in [0.4, 0.5) is 5.69 Å². The van der Waals surface area contributed by atoms with Gasteiger partial charge in [-0.1, -0.05) is 48.0 Å². The third kappa shape index (κ3) is 3.39. The summed E-state index contributed by atoms with van der Waals surface area (Å²) in [6.07, 6.45) is 3.41. The summed E-state index contributed by atoms with van der Waals surface area (Å²) in [6.45, 7) is 2.03. The average Bonchev–Trinajstić information content (AvgIpc) is 3.31. The van der Waals surface area contributed by atoms with E-state index in [2.05, 4.69) is 27.1 Å². The Hall–Kier alpha value is -4.39. The molecule has 0 saturated heterocycles. The van der Waals surface area contributed by atoms with Crippen molar-refractivity contribution in [3.63, 3.8) is 0 Å². The van der Waals surface area contributed by atoms with Crippen molar-refractivity contribution >= 4 is 17.5 Å². The Morgan fingerprint density at radius 1 is 0.969 bits per heavy atom. The Morgan fingerprint density at radius 2 is 1.75 bits per heavy atom. The second-order valence-electron chi connectivity index (χ2n) is 7.72. The maximum Gasteiger partial charge on any atom is 0.328 e. The zero-order chi connectivity index (χ0) is 22.2. The van der Waals surface area contributed by atoms with E-state index >= 15 is 0 Å². The van der Waals surface area contributed by atoms with Crippen LogP contribution >= 0.6 is 0 Å². The van der Waals surface area contributed by atoms with E-state index in [4.69, 9.17) is 4.99 Å².